The fourth-order valence-electron chi connectivity index (χ4n) is 3.72. The van der Waals surface area contributed by atoms with Gasteiger partial charge in [-0.05, 0) is 48.6 Å². The molecule has 0 bridgehead atoms. The molecule has 1 fully saturated rings. The van der Waals surface area contributed by atoms with E-state index in [0.29, 0.717) is 9.47 Å². The van der Waals surface area contributed by atoms with Crippen molar-refractivity contribution in [2.24, 2.45) is 0 Å². The van der Waals surface area contributed by atoms with Crippen molar-refractivity contribution in [3.63, 3.8) is 0 Å². The minimum atomic E-state index is -4.43. The predicted octanol–water partition coefficient (Wildman–Crippen LogP) is 5.80. The highest BCUT2D eigenvalue weighted by molar-refractivity contribution is 8.01. The lowest BCUT2D eigenvalue weighted by Crippen LogP contribution is -2.37. The molecular weight excluding hydrogens is 493 g/mol. The highest BCUT2D eigenvalue weighted by Crippen LogP contribution is 2.44. The molecule has 0 aliphatic heterocycles. The van der Waals surface area contributed by atoms with Crippen molar-refractivity contribution in [1.82, 2.24) is 10.2 Å². The van der Waals surface area contributed by atoms with E-state index in [1.165, 1.54) is 23.5 Å². The van der Waals surface area contributed by atoms with E-state index in [9.17, 15) is 22.8 Å². The molecule has 4 rings (SSSR count). The first-order chi connectivity index (χ1) is 15.8. The SMILES string of the molecule is O=C(CSc1nnc(NC(=O)C2(c3cccs3)CCCC2)s1)Nc1ccc(C(F)(F)F)cc1. The molecule has 2 aromatic heterocycles. The van der Waals surface area contributed by atoms with Gasteiger partial charge in [0.1, 0.15) is 0 Å². The van der Waals surface area contributed by atoms with Gasteiger partial charge in [0.25, 0.3) is 0 Å². The molecule has 33 heavy (non-hydrogen) atoms. The first-order valence-corrected chi connectivity index (χ1v) is 12.7. The van der Waals surface area contributed by atoms with Crippen LogP contribution in [0.2, 0.25) is 0 Å². The Morgan fingerprint density at radius 3 is 2.42 bits per heavy atom. The molecule has 0 radical (unpaired) electrons. The van der Waals surface area contributed by atoms with Gasteiger partial charge in [-0.15, -0.1) is 21.5 Å². The fourth-order valence-corrected chi connectivity index (χ4v) is 6.25. The van der Waals surface area contributed by atoms with E-state index in [2.05, 4.69) is 20.8 Å². The molecule has 0 spiro atoms. The smallest absolute Gasteiger partial charge is 0.325 e. The number of halogens is 3. The standard InChI is InChI=1S/C21H19F3N4O2S3/c22-21(23,24)13-5-7-14(8-6-13)25-16(29)12-32-19-28-27-18(33-19)26-17(30)20(9-1-2-10-20)15-4-3-11-31-15/h3-8,11H,1-2,9-10,12H2,(H,25,29)(H,26,27,30). The van der Waals surface area contributed by atoms with Gasteiger partial charge in [-0.1, -0.05) is 42.0 Å². The number of thioether (sulfide) groups is 1. The second kappa shape index (κ2) is 9.82. The molecule has 12 heteroatoms. The number of nitrogens with zero attached hydrogens (tertiary/aromatic N) is 2. The number of benzene rings is 1. The molecule has 6 nitrogen and oxygen atoms in total. The van der Waals surface area contributed by atoms with Crippen molar-refractivity contribution in [3.8, 4) is 0 Å². The van der Waals surface area contributed by atoms with Crippen LogP contribution in [0.15, 0.2) is 46.1 Å². The summed E-state index contributed by atoms with van der Waals surface area (Å²) in [5, 5.41) is 15.8. The first kappa shape index (κ1) is 23.7. The van der Waals surface area contributed by atoms with Crippen LogP contribution in [0, 0.1) is 0 Å². The Bertz CT molecular complexity index is 1110. The lowest BCUT2D eigenvalue weighted by Gasteiger charge is -2.25. The fraction of sp³-hybridized carbons (Fsp3) is 0.333. The van der Waals surface area contributed by atoms with Crippen LogP contribution >= 0.6 is 34.4 Å². The van der Waals surface area contributed by atoms with Crippen LogP contribution in [-0.4, -0.2) is 27.8 Å². The Hall–Kier alpha value is -2.44. The summed E-state index contributed by atoms with van der Waals surface area (Å²) >= 11 is 3.89. The number of nitrogens with one attached hydrogen (secondary N) is 2. The third-order valence-corrected chi connectivity index (χ3v) is 8.38. The summed E-state index contributed by atoms with van der Waals surface area (Å²) in [7, 11) is 0. The van der Waals surface area contributed by atoms with Crippen LogP contribution in [0.25, 0.3) is 0 Å². The van der Waals surface area contributed by atoms with Gasteiger partial charge >= 0.3 is 6.18 Å². The summed E-state index contributed by atoms with van der Waals surface area (Å²) in [6.07, 6.45) is -0.842. The third-order valence-electron chi connectivity index (χ3n) is 5.33. The van der Waals surface area contributed by atoms with Crippen LogP contribution in [0.5, 0.6) is 0 Å². The van der Waals surface area contributed by atoms with Gasteiger partial charge in [0.05, 0.1) is 16.7 Å². The van der Waals surface area contributed by atoms with E-state index in [1.54, 1.807) is 11.3 Å². The molecular formula is C21H19F3N4O2S3. The molecule has 3 aromatic rings. The van der Waals surface area contributed by atoms with Crippen LogP contribution in [0.4, 0.5) is 24.0 Å². The Balaban J connectivity index is 1.31. The Labute approximate surface area is 200 Å². The van der Waals surface area contributed by atoms with E-state index in [4.69, 9.17) is 0 Å². The highest BCUT2D eigenvalue weighted by atomic mass is 32.2. The lowest BCUT2D eigenvalue weighted by atomic mass is 9.83. The zero-order valence-electron chi connectivity index (χ0n) is 17.1. The van der Waals surface area contributed by atoms with Crippen LogP contribution in [0.1, 0.15) is 36.1 Å². The molecule has 0 atom stereocenters. The van der Waals surface area contributed by atoms with E-state index >= 15 is 0 Å². The lowest BCUT2D eigenvalue weighted by molar-refractivity contribution is -0.137. The largest absolute Gasteiger partial charge is 0.416 e. The summed E-state index contributed by atoms with van der Waals surface area (Å²) in [5.41, 5.74) is -1.04. The average molecular weight is 513 g/mol. The number of amides is 2. The van der Waals surface area contributed by atoms with Crippen LogP contribution in [-0.2, 0) is 21.2 Å². The maximum atomic E-state index is 13.1. The molecule has 1 aromatic carbocycles. The second-order valence-electron chi connectivity index (χ2n) is 7.51. The van der Waals surface area contributed by atoms with Gasteiger partial charge in [0.15, 0.2) is 4.34 Å². The summed E-state index contributed by atoms with van der Waals surface area (Å²) in [6, 6.07) is 8.17. The number of aromatic nitrogens is 2. The Morgan fingerprint density at radius 1 is 1.06 bits per heavy atom. The summed E-state index contributed by atoms with van der Waals surface area (Å²) < 4.78 is 38.4. The number of carbonyl (C=O) groups is 2. The van der Waals surface area contributed by atoms with Crippen molar-refractivity contribution in [1.29, 1.82) is 0 Å². The number of carbonyl (C=O) groups excluding carboxylic acids is 2. The van der Waals surface area contributed by atoms with Crippen molar-refractivity contribution in [3.05, 3.63) is 52.2 Å². The molecule has 0 saturated heterocycles. The number of rotatable bonds is 7. The monoisotopic (exact) mass is 512 g/mol. The van der Waals surface area contributed by atoms with Crippen molar-refractivity contribution >= 4 is 57.1 Å². The predicted molar refractivity (Wildman–Crippen MR) is 124 cm³/mol. The van der Waals surface area contributed by atoms with Crippen LogP contribution in [0.3, 0.4) is 0 Å². The van der Waals surface area contributed by atoms with Crippen molar-refractivity contribution in [2.75, 3.05) is 16.4 Å². The second-order valence-corrected chi connectivity index (χ2v) is 10.7. The van der Waals surface area contributed by atoms with Crippen molar-refractivity contribution < 1.29 is 22.8 Å². The van der Waals surface area contributed by atoms with E-state index < -0.39 is 17.2 Å². The summed E-state index contributed by atoms with van der Waals surface area (Å²) in [4.78, 5) is 26.3. The normalized spacial score (nSPS) is 15.4. The number of alkyl halides is 3. The topological polar surface area (TPSA) is 84.0 Å². The quantitative estimate of drug-likeness (QED) is 0.309. The Kier molecular flexibility index (Phi) is 7.05. The first-order valence-electron chi connectivity index (χ1n) is 10.1. The number of hydrogen-bond donors (Lipinski definition) is 2. The van der Waals surface area contributed by atoms with E-state index in [-0.39, 0.29) is 23.3 Å². The summed E-state index contributed by atoms with van der Waals surface area (Å²) in [5.74, 6) is -0.471. The third kappa shape index (κ3) is 5.56. The van der Waals surface area contributed by atoms with E-state index in [1.807, 2.05) is 17.5 Å². The van der Waals surface area contributed by atoms with Crippen LogP contribution < -0.4 is 10.6 Å². The molecule has 0 unspecified atom stereocenters. The molecule has 2 N–H and O–H groups in total. The van der Waals surface area contributed by atoms with Gasteiger partial charge in [0, 0.05) is 10.6 Å². The molecule has 2 amide bonds. The van der Waals surface area contributed by atoms with Gasteiger partial charge in [0.2, 0.25) is 16.9 Å². The van der Waals surface area contributed by atoms with Gasteiger partial charge in [-0.2, -0.15) is 13.2 Å². The van der Waals surface area contributed by atoms with E-state index in [0.717, 1.165) is 54.5 Å². The number of anilines is 2. The molecule has 2 heterocycles. The van der Waals surface area contributed by atoms with Gasteiger partial charge < -0.3 is 5.32 Å². The maximum absolute atomic E-state index is 13.1. The number of hydrogen-bond acceptors (Lipinski definition) is 7. The highest BCUT2D eigenvalue weighted by Gasteiger charge is 2.43. The molecule has 1 aliphatic rings. The molecule has 174 valence electrons. The van der Waals surface area contributed by atoms with Gasteiger partial charge in [-0.25, -0.2) is 0 Å². The minimum absolute atomic E-state index is 0.00271. The zero-order valence-corrected chi connectivity index (χ0v) is 19.6. The Morgan fingerprint density at radius 2 is 1.79 bits per heavy atom. The van der Waals surface area contributed by atoms with Gasteiger partial charge in [-0.3, -0.25) is 14.9 Å². The average Bonchev–Trinajstić information content (AvgIpc) is 3.53. The maximum Gasteiger partial charge on any atom is 0.416 e. The van der Waals surface area contributed by atoms with Crippen molar-refractivity contribution in [2.45, 2.75) is 41.6 Å². The molecule has 1 saturated carbocycles. The zero-order chi connectivity index (χ0) is 23.5. The minimum Gasteiger partial charge on any atom is -0.325 e. The number of thiophene rings is 1. The summed E-state index contributed by atoms with van der Waals surface area (Å²) in [6.45, 7) is 0. The molecule has 1 aliphatic carbocycles.